The molecular formula is C17H38IN5O4S. The molecule has 0 aromatic rings. The topological polar surface area (TPSA) is 104 Å². The van der Waals surface area contributed by atoms with Crippen molar-refractivity contribution < 1.29 is 17.9 Å². The number of guanidine groups is 1. The number of sulfonamides is 1. The average Bonchev–Trinajstić information content (AvgIpc) is 2.66. The van der Waals surface area contributed by atoms with Crippen molar-refractivity contribution in [3.8, 4) is 0 Å². The Bertz CT molecular complexity index is 516. The molecule has 3 N–H and O–H groups in total. The summed E-state index contributed by atoms with van der Waals surface area (Å²) in [5.41, 5.74) is 0. The van der Waals surface area contributed by atoms with E-state index < -0.39 is 10.0 Å². The second-order valence-corrected chi connectivity index (χ2v) is 8.66. The fourth-order valence-electron chi connectivity index (χ4n) is 2.74. The highest BCUT2D eigenvalue weighted by molar-refractivity contribution is 14.0. The molecule has 1 unspecified atom stereocenters. The molecule has 0 saturated carbocycles. The van der Waals surface area contributed by atoms with Gasteiger partial charge in [-0.25, -0.2) is 13.1 Å². The molecule has 1 rings (SSSR count). The van der Waals surface area contributed by atoms with E-state index in [0.717, 1.165) is 58.5 Å². The number of halogens is 1. The average molecular weight is 535 g/mol. The highest BCUT2D eigenvalue weighted by Crippen LogP contribution is 2.11. The van der Waals surface area contributed by atoms with E-state index in [1.165, 1.54) is 0 Å². The smallest absolute Gasteiger partial charge is 0.213 e. The van der Waals surface area contributed by atoms with Crippen molar-refractivity contribution in [1.29, 1.82) is 0 Å². The van der Waals surface area contributed by atoms with Crippen LogP contribution in [-0.4, -0.2) is 98.3 Å². The quantitative estimate of drug-likeness (QED) is 0.134. The first-order valence-corrected chi connectivity index (χ1v) is 11.3. The Kier molecular flexibility index (Phi) is 16.4. The molecule has 9 nitrogen and oxygen atoms in total. The minimum absolute atomic E-state index is 0. The van der Waals surface area contributed by atoms with Crippen LogP contribution in [-0.2, 0) is 19.5 Å². The number of hydrogen-bond acceptors (Lipinski definition) is 6. The van der Waals surface area contributed by atoms with Crippen molar-refractivity contribution in [2.45, 2.75) is 31.8 Å². The summed E-state index contributed by atoms with van der Waals surface area (Å²) in [6.07, 6.45) is 4.06. The molecule has 11 heteroatoms. The molecule has 28 heavy (non-hydrogen) atoms. The lowest BCUT2D eigenvalue weighted by molar-refractivity contribution is 0.0200. The lowest BCUT2D eigenvalue weighted by Gasteiger charge is -2.22. The van der Waals surface area contributed by atoms with Crippen LogP contribution >= 0.6 is 24.0 Å². The normalized spacial score (nSPS) is 18.0. The SMILES string of the molecule is CN=C(NCCN(C)CCCOC)NCCS(=O)(=O)NCC1CCCCO1.I. The first-order chi connectivity index (χ1) is 13.0. The van der Waals surface area contributed by atoms with Gasteiger partial charge in [-0.1, -0.05) is 0 Å². The van der Waals surface area contributed by atoms with Gasteiger partial charge in [-0.15, -0.1) is 24.0 Å². The predicted molar refractivity (Wildman–Crippen MR) is 124 cm³/mol. The van der Waals surface area contributed by atoms with E-state index in [1.807, 2.05) is 0 Å². The van der Waals surface area contributed by atoms with Crippen LogP contribution in [0, 0.1) is 0 Å². The summed E-state index contributed by atoms with van der Waals surface area (Å²) in [6, 6.07) is 0. The van der Waals surface area contributed by atoms with Gasteiger partial charge in [-0.2, -0.15) is 0 Å². The Balaban J connectivity index is 0.00000729. The van der Waals surface area contributed by atoms with E-state index in [1.54, 1.807) is 14.2 Å². The summed E-state index contributed by atoms with van der Waals surface area (Å²) in [5.74, 6) is 0.600. The monoisotopic (exact) mass is 535 g/mol. The predicted octanol–water partition coefficient (Wildman–Crippen LogP) is 0.226. The van der Waals surface area contributed by atoms with Crippen molar-refractivity contribution in [2.75, 3.05) is 72.9 Å². The van der Waals surface area contributed by atoms with E-state index in [4.69, 9.17) is 9.47 Å². The van der Waals surface area contributed by atoms with Gasteiger partial charge in [0, 0.05) is 60.1 Å². The van der Waals surface area contributed by atoms with Crippen molar-refractivity contribution in [1.82, 2.24) is 20.3 Å². The van der Waals surface area contributed by atoms with Crippen molar-refractivity contribution >= 4 is 40.0 Å². The minimum atomic E-state index is -3.33. The molecule has 0 spiro atoms. The fourth-order valence-corrected chi connectivity index (χ4v) is 3.70. The minimum Gasteiger partial charge on any atom is -0.385 e. The molecule has 168 valence electrons. The molecule has 0 radical (unpaired) electrons. The molecule has 1 heterocycles. The Morgan fingerprint density at radius 2 is 2.00 bits per heavy atom. The van der Waals surface area contributed by atoms with Crippen LogP contribution in [0.2, 0.25) is 0 Å². The zero-order valence-electron chi connectivity index (χ0n) is 17.4. The molecule has 0 amide bonds. The lowest BCUT2D eigenvalue weighted by Crippen LogP contribution is -2.44. The molecular weight excluding hydrogens is 497 g/mol. The van der Waals surface area contributed by atoms with Gasteiger partial charge in [-0.05, 0) is 32.7 Å². The van der Waals surface area contributed by atoms with E-state index in [0.29, 0.717) is 19.0 Å². The molecule has 1 aliphatic rings. The lowest BCUT2D eigenvalue weighted by atomic mass is 10.1. The van der Waals surface area contributed by atoms with Gasteiger partial charge in [0.15, 0.2) is 5.96 Å². The third kappa shape index (κ3) is 13.9. The third-order valence-corrected chi connectivity index (χ3v) is 5.71. The fraction of sp³-hybridized carbons (Fsp3) is 0.941. The Morgan fingerprint density at radius 3 is 2.64 bits per heavy atom. The first-order valence-electron chi connectivity index (χ1n) is 9.68. The largest absolute Gasteiger partial charge is 0.385 e. The van der Waals surface area contributed by atoms with Gasteiger partial charge in [0.1, 0.15) is 0 Å². The van der Waals surface area contributed by atoms with E-state index in [9.17, 15) is 8.42 Å². The summed E-state index contributed by atoms with van der Waals surface area (Å²) >= 11 is 0. The maximum atomic E-state index is 12.1. The molecule has 1 fully saturated rings. The van der Waals surface area contributed by atoms with E-state index in [-0.39, 0.29) is 35.8 Å². The summed E-state index contributed by atoms with van der Waals surface area (Å²) in [7, 11) is 2.11. The van der Waals surface area contributed by atoms with Gasteiger partial charge in [0.2, 0.25) is 10.0 Å². The van der Waals surface area contributed by atoms with Gasteiger partial charge < -0.3 is 25.0 Å². The molecule has 1 saturated heterocycles. The van der Waals surface area contributed by atoms with Gasteiger partial charge >= 0.3 is 0 Å². The van der Waals surface area contributed by atoms with Crippen LogP contribution in [0.4, 0.5) is 0 Å². The highest BCUT2D eigenvalue weighted by Gasteiger charge is 2.17. The standard InChI is InChI=1S/C17H37N5O4S.HI/c1-18-17(19-8-11-22(2)10-6-12-25-3)20-9-14-27(23,24)21-15-16-7-4-5-13-26-16;/h16,21H,4-15H2,1-3H3,(H2,18,19,20);1H. The zero-order chi connectivity index (χ0) is 20.0. The van der Waals surface area contributed by atoms with Crippen LogP contribution < -0.4 is 15.4 Å². The second kappa shape index (κ2) is 16.6. The number of aliphatic imine (C=N–C) groups is 1. The number of nitrogens with one attached hydrogen (secondary N) is 3. The Morgan fingerprint density at radius 1 is 1.25 bits per heavy atom. The van der Waals surface area contributed by atoms with Crippen LogP contribution in [0.1, 0.15) is 25.7 Å². The van der Waals surface area contributed by atoms with Crippen LogP contribution in [0.25, 0.3) is 0 Å². The van der Waals surface area contributed by atoms with E-state index >= 15 is 0 Å². The number of likely N-dealkylation sites (N-methyl/N-ethyl adjacent to an activating group) is 1. The van der Waals surface area contributed by atoms with Crippen molar-refractivity contribution in [3.63, 3.8) is 0 Å². The van der Waals surface area contributed by atoms with Crippen molar-refractivity contribution in [3.05, 3.63) is 0 Å². The summed E-state index contributed by atoms with van der Waals surface area (Å²) in [5, 5.41) is 6.23. The van der Waals surface area contributed by atoms with Gasteiger partial charge in [0.05, 0.1) is 11.9 Å². The molecule has 0 aromatic carbocycles. The summed E-state index contributed by atoms with van der Waals surface area (Å²) < 4.78 is 37.4. The van der Waals surface area contributed by atoms with Crippen molar-refractivity contribution in [2.24, 2.45) is 4.99 Å². The number of ether oxygens (including phenoxy) is 2. The second-order valence-electron chi connectivity index (χ2n) is 6.73. The van der Waals surface area contributed by atoms with Gasteiger partial charge in [-0.3, -0.25) is 4.99 Å². The van der Waals surface area contributed by atoms with Gasteiger partial charge in [0.25, 0.3) is 0 Å². The number of hydrogen-bond donors (Lipinski definition) is 3. The highest BCUT2D eigenvalue weighted by atomic mass is 127. The maximum absolute atomic E-state index is 12.1. The third-order valence-electron chi connectivity index (χ3n) is 4.37. The molecule has 0 aromatic heterocycles. The molecule has 0 bridgehead atoms. The Labute approximate surface area is 187 Å². The summed E-state index contributed by atoms with van der Waals surface area (Å²) in [6.45, 7) is 4.69. The van der Waals surface area contributed by atoms with Crippen LogP contribution in [0.3, 0.4) is 0 Å². The summed E-state index contributed by atoms with van der Waals surface area (Å²) in [4.78, 5) is 6.33. The Hall–Kier alpha value is -0.210. The molecule has 1 aliphatic heterocycles. The van der Waals surface area contributed by atoms with E-state index in [2.05, 4.69) is 32.3 Å². The first kappa shape index (κ1) is 27.8. The number of methoxy groups -OCH3 is 1. The molecule has 0 aliphatic carbocycles. The maximum Gasteiger partial charge on any atom is 0.213 e. The van der Waals surface area contributed by atoms with Crippen LogP contribution in [0.15, 0.2) is 4.99 Å². The zero-order valence-corrected chi connectivity index (χ0v) is 20.6. The van der Waals surface area contributed by atoms with Crippen LogP contribution in [0.5, 0.6) is 0 Å². The number of rotatable bonds is 13. The molecule has 1 atom stereocenters. The number of nitrogens with zero attached hydrogens (tertiary/aromatic N) is 2.